The topological polar surface area (TPSA) is 95.6 Å². The van der Waals surface area contributed by atoms with Gasteiger partial charge in [-0.05, 0) is 56.0 Å². The van der Waals surface area contributed by atoms with E-state index in [1.165, 1.54) is 4.31 Å². The van der Waals surface area contributed by atoms with Crippen LogP contribution in [0, 0.1) is 20.8 Å². The van der Waals surface area contributed by atoms with Gasteiger partial charge in [-0.3, -0.25) is 9.59 Å². The second-order valence-electron chi connectivity index (χ2n) is 7.83. The van der Waals surface area contributed by atoms with Crippen LogP contribution < -0.4 is 10.6 Å². The van der Waals surface area contributed by atoms with Gasteiger partial charge in [0.2, 0.25) is 21.8 Å². The number of rotatable bonds is 10. The quantitative estimate of drug-likeness (QED) is 0.570. The molecule has 2 aromatic carbocycles. The summed E-state index contributed by atoms with van der Waals surface area (Å²) in [6.07, 6.45) is 0.660. The maximum atomic E-state index is 12.5. The Morgan fingerprint density at radius 2 is 1.47 bits per heavy atom. The van der Waals surface area contributed by atoms with Crippen molar-refractivity contribution in [1.29, 1.82) is 0 Å². The van der Waals surface area contributed by atoms with Gasteiger partial charge in [0.15, 0.2) is 0 Å². The summed E-state index contributed by atoms with van der Waals surface area (Å²) in [6, 6.07) is 10.6. The molecule has 0 spiro atoms. The number of sulfonamides is 1. The molecule has 2 N–H and O–H groups in total. The monoisotopic (exact) mass is 459 g/mol. The van der Waals surface area contributed by atoms with Gasteiger partial charge >= 0.3 is 0 Å². The zero-order valence-corrected chi connectivity index (χ0v) is 20.3. The average molecular weight is 460 g/mol. The van der Waals surface area contributed by atoms with Crippen molar-refractivity contribution < 1.29 is 18.0 Å². The van der Waals surface area contributed by atoms with Crippen LogP contribution in [0.4, 0.5) is 5.69 Å². The van der Waals surface area contributed by atoms with E-state index in [9.17, 15) is 18.0 Å². The van der Waals surface area contributed by atoms with E-state index in [-0.39, 0.29) is 29.7 Å². The number of amides is 2. The molecule has 2 aromatic rings. The average Bonchev–Trinajstić information content (AvgIpc) is 2.74. The number of carbonyl (C=O) groups excluding carboxylic acids is 2. The Bertz CT molecular complexity index is 1040. The molecular weight excluding hydrogens is 426 g/mol. The molecule has 0 aromatic heterocycles. The van der Waals surface area contributed by atoms with Crippen LogP contribution in [-0.4, -0.2) is 44.2 Å². The first-order valence-electron chi connectivity index (χ1n) is 10.8. The lowest BCUT2D eigenvalue weighted by Crippen LogP contribution is -2.33. The van der Waals surface area contributed by atoms with Crippen LogP contribution in [-0.2, 0) is 26.0 Å². The number of anilines is 1. The van der Waals surface area contributed by atoms with E-state index in [0.717, 1.165) is 27.9 Å². The first-order chi connectivity index (χ1) is 15.1. The van der Waals surface area contributed by atoms with Crippen LogP contribution in [0.1, 0.15) is 42.5 Å². The fourth-order valence-corrected chi connectivity index (χ4v) is 5.08. The number of hydrogen-bond acceptors (Lipinski definition) is 4. The van der Waals surface area contributed by atoms with Gasteiger partial charge in [-0.25, -0.2) is 8.42 Å². The van der Waals surface area contributed by atoms with Crippen molar-refractivity contribution in [2.24, 2.45) is 0 Å². The third-order valence-corrected chi connectivity index (χ3v) is 7.36. The van der Waals surface area contributed by atoms with Crippen LogP contribution in [0.5, 0.6) is 0 Å². The molecule has 0 heterocycles. The van der Waals surface area contributed by atoms with E-state index in [0.29, 0.717) is 19.5 Å². The van der Waals surface area contributed by atoms with Crippen molar-refractivity contribution in [2.75, 3.05) is 25.0 Å². The van der Waals surface area contributed by atoms with E-state index in [1.807, 2.05) is 32.9 Å². The highest BCUT2D eigenvalue weighted by Gasteiger charge is 2.21. The molecule has 0 aliphatic rings. The molecule has 0 aliphatic heterocycles. The number of aryl methyl sites for hydroxylation is 4. The standard InChI is InChI=1S/C24H33N3O4S/c1-6-27(7-2)32(30,31)21-11-8-20(9-12-21)10-13-22(28)25-16-23(29)26-24-18(4)14-17(3)15-19(24)5/h8-9,11-12,14-15H,6-7,10,13,16H2,1-5H3,(H,25,28)(H,26,29). The SMILES string of the molecule is CCN(CC)S(=O)(=O)c1ccc(CCC(=O)NCC(=O)Nc2c(C)cc(C)cc2C)cc1. The minimum atomic E-state index is -3.49. The predicted octanol–water partition coefficient (Wildman–Crippen LogP) is 3.33. The molecule has 0 radical (unpaired) electrons. The van der Waals surface area contributed by atoms with Crippen molar-refractivity contribution in [2.45, 2.75) is 52.4 Å². The third-order valence-electron chi connectivity index (χ3n) is 5.29. The maximum absolute atomic E-state index is 12.5. The number of hydrogen-bond donors (Lipinski definition) is 2. The first kappa shape index (κ1) is 25.5. The van der Waals surface area contributed by atoms with Crippen molar-refractivity contribution in [1.82, 2.24) is 9.62 Å². The van der Waals surface area contributed by atoms with Crippen LogP contribution in [0.25, 0.3) is 0 Å². The van der Waals surface area contributed by atoms with Crippen LogP contribution in [0.15, 0.2) is 41.3 Å². The molecule has 0 atom stereocenters. The minimum absolute atomic E-state index is 0.105. The van der Waals surface area contributed by atoms with Gasteiger partial charge in [-0.1, -0.05) is 43.7 Å². The highest BCUT2D eigenvalue weighted by molar-refractivity contribution is 7.89. The molecule has 32 heavy (non-hydrogen) atoms. The first-order valence-corrected chi connectivity index (χ1v) is 12.3. The lowest BCUT2D eigenvalue weighted by molar-refractivity contribution is -0.124. The van der Waals surface area contributed by atoms with Gasteiger partial charge in [0.05, 0.1) is 11.4 Å². The summed E-state index contributed by atoms with van der Waals surface area (Å²) in [6.45, 7) is 10.2. The van der Waals surface area contributed by atoms with Gasteiger partial charge in [-0.15, -0.1) is 0 Å². The number of carbonyl (C=O) groups is 2. The zero-order chi connectivity index (χ0) is 23.9. The van der Waals surface area contributed by atoms with Crippen LogP contribution in [0.2, 0.25) is 0 Å². The molecule has 0 saturated heterocycles. The maximum Gasteiger partial charge on any atom is 0.243 e. The van der Waals surface area contributed by atoms with Crippen molar-refractivity contribution >= 4 is 27.5 Å². The van der Waals surface area contributed by atoms with Gasteiger partial charge in [-0.2, -0.15) is 4.31 Å². The van der Waals surface area contributed by atoms with Crippen LogP contribution in [0.3, 0.4) is 0 Å². The molecular formula is C24H33N3O4S. The third kappa shape index (κ3) is 6.64. The molecule has 2 rings (SSSR count). The fourth-order valence-electron chi connectivity index (χ4n) is 3.63. The Labute approximate surface area is 191 Å². The Hall–Kier alpha value is -2.71. The minimum Gasteiger partial charge on any atom is -0.347 e. The normalized spacial score (nSPS) is 11.4. The van der Waals surface area contributed by atoms with Gasteiger partial charge < -0.3 is 10.6 Å². The number of nitrogens with one attached hydrogen (secondary N) is 2. The summed E-state index contributed by atoms with van der Waals surface area (Å²) in [5.74, 6) is -0.517. The Morgan fingerprint density at radius 1 is 0.906 bits per heavy atom. The molecule has 2 amide bonds. The molecule has 0 fully saturated rings. The largest absolute Gasteiger partial charge is 0.347 e. The summed E-state index contributed by atoms with van der Waals surface area (Å²) < 4.78 is 26.5. The number of benzene rings is 2. The summed E-state index contributed by atoms with van der Waals surface area (Å²) in [5.41, 5.74) is 4.72. The molecule has 0 aliphatic carbocycles. The van der Waals surface area contributed by atoms with E-state index < -0.39 is 10.0 Å². The summed E-state index contributed by atoms with van der Waals surface area (Å²) in [7, 11) is -3.49. The van der Waals surface area contributed by atoms with Crippen molar-refractivity contribution in [3.8, 4) is 0 Å². The number of nitrogens with zero attached hydrogens (tertiary/aromatic N) is 1. The van der Waals surface area contributed by atoms with Crippen LogP contribution >= 0.6 is 0 Å². The molecule has 0 unspecified atom stereocenters. The van der Waals surface area contributed by atoms with E-state index in [4.69, 9.17) is 0 Å². The second-order valence-corrected chi connectivity index (χ2v) is 9.77. The zero-order valence-electron chi connectivity index (χ0n) is 19.5. The summed E-state index contributed by atoms with van der Waals surface area (Å²) >= 11 is 0. The smallest absolute Gasteiger partial charge is 0.243 e. The molecule has 174 valence electrons. The highest BCUT2D eigenvalue weighted by Crippen LogP contribution is 2.21. The highest BCUT2D eigenvalue weighted by atomic mass is 32.2. The molecule has 7 nitrogen and oxygen atoms in total. The lowest BCUT2D eigenvalue weighted by atomic mass is 10.1. The van der Waals surface area contributed by atoms with Gasteiger partial charge in [0.1, 0.15) is 0 Å². The van der Waals surface area contributed by atoms with Crippen molar-refractivity contribution in [3.05, 3.63) is 58.7 Å². The second kappa shape index (κ2) is 11.2. The van der Waals surface area contributed by atoms with Gasteiger partial charge in [0.25, 0.3) is 0 Å². The molecule has 0 saturated carbocycles. The summed E-state index contributed by atoms with van der Waals surface area (Å²) in [4.78, 5) is 24.6. The van der Waals surface area contributed by atoms with Gasteiger partial charge in [0, 0.05) is 25.2 Å². The van der Waals surface area contributed by atoms with E-state index in [1.54, 1.807) is 38.1 Å². The Morgan fingerprint density at radius 3 is 2.00 bits per heavy atom. The fraction of sp³-hybridized carbons (Fsp3) is 0.417. The van der Waals surface area contributed by atoms with E-state index in [2.05, 4.69) is 10.6 Å². The molecule has 8 heteroatoms. The predicted molar refractivity (Wildman–Crippen MR) is 127 cm³/mol. The summed E-state index contributed by atoms with van der Waals surface area (Å²) in [5, 5.41) is 5.49. The Balaban J connectivity index is 1.85. The van der Waals surface area contributed by atoms with Crippen molar-refractivity contribution in [3.63, 3.8) is 0 Å². The molecule has 0 bridgehead atoms. The van der Waals surface area contributed by atoms with E-state index >= 15 is 0 Å². The lowest BCUT2D eigenvalue weighted by Gasteiger charge is -2.18. The Kier molecular flexibility index (Phi) is 8.98.